The first kappa shape index (κ1) is 10.6. The van der Waals surface area contributed by atoms with Crippen molar-refractivity contribution >= 4 is 5.91 Å². The Morgan fingerprint density at radius 3 is 2.65 bits per heavy atom. The zero-order valence-corrected chi connectivity index (χ0v) is 10.1. The van der Waals surface area contributed by atoms with E-state index in [1.807, 2.05) is 17.0 Å². The molecule has 1 amide bonds. The molecule has 90 valence electrons. The molecule has 2 aliphatic rings. The number of allylic oxidation sites excluding steroid dienone is 1. The molecule has 3 nitrogen and oxygen atoms in total. The molecule has 1 aliphatic heterocycles. The Hall–Kier alpha value is -1.51. The Morgan fingerprint density at radius 1 is 1.06 bits per heavy atom. The van der Waals surface area contributed by atoms with Gasteiger partial charge in [-0.25, -0.2) is 0 Å². The fraction of sp³-hybridized carbons (Fsp3) is 0.500. The average molecular weight is 230 g/mol. The summed E-state index contributed by atoms with van der Waals surface area (Å²) >= 11 is 0. The molecule has 0 radical (unpaired) electrons. The Balaban J connectivity index is 1.69. The van der Waals surface area contributed by atoms with E-state index in [1.165, 1.54) is 24.1 Å². The van der Waals surface area contributed by atoms with Crippen LogP contribution in [0.1, 0.15) is 32.1 Å². The van der Waals surface area contributed by atoms with Gasteiger partial charge < -0.3 is 9.47 Å². The Bertz CT molecular complexity index is 445. The molecule has 0 saturated carbocycles. The normalized spacial score (nSPS) is 20.0. The Labute approximate surface area is 102 Å². The van der Waals surface area contributed by atoms with Crippen molar-refractivity contribution in [2.75, 3.05) is 6.54 Å². The van der Waals surface area contributed by atoms with Crippen LogP contribution in [-0.2, 0) is 11.3 Å². The topological polar surface area (TPSA) is 25.2 Å². The predicted molar refractivity (Wildman–Crippen MR) is 66.3 cm³/mol. The minimum Gasteiger partial charge on any atom is -0.352 e. The lowest BCUT2D eigenvalue weighted by molar-refractivity contribution is -0.127. The van der Waals surface area contributed by atoms with Gasteiger partial charge in [-0.1, -0.05) is 0 Å². The number of hydrogen-bond acceptors (Lipinski definition) is 1. The number of carbonyl (C=O) groups excluding carboxylic acids is 1. The van der Waals surface area contributed by atoms with E-state index in [1.54, 1.807) is 0 Å². The molecule has 3 rings (SSSR count). The smallest absolute Gasteiger partial charge is 0.230 e. The Morgan fingerprint density at radius 2 is 1.82 bits per heavy atom. The molecular formula is C14H18N2O. The molecule has 1 aliphatic carbocycles. The van der Waals surface area contributed by atoms with Gasteiger partial charge in [-0.15, -0.1) is 0 Å². The van der Waals surface area contributed by atoms with Gasteiger partial charge in [0.25, 0.3) is 0 Å². The second-order valence-corrected chi connectivity index (χ2v) is 4.90. The molecule has 0 bridgehead atoms. The molecule has 17 heavy (non-hydrogen) atoms. The molecule has 0 unspecified atom stereocenters. The summed E-state index contributed by atoms with van der Waals surface area (Å²) in [6.07, 6.45) is 9.53. The molecule has 0 fully saturated rings. The van der Waals surface area contributed by atoms with Crippen LogP contribution in [0, 0.1) is 0 Å². The Kier molecular flexibility index (Phi) is 2.75. The van der Waals surface area contributed by atoms with Gasteiger partial charge in [0.05, 0.1) is 6.42 Å². The van der Waals surface area contributed by atoms with Crippen LogP contribution in [0.5, 0.6) is 0 Å². The van der Waals surface area contributed by atoms with Crippen molar-refractivity contribution in [1.82, 2.24) is 9.47 Å². The monoisotopic (exact) mass is 230 g/mol. The summed E-state index contributed by atoms with van der Waals surface area (Å²) in [5.74, 6) is 0.309. The highest BCUT2D eigenvalue weighted by atomic mass is 16.2. The third-order valence-electron chi connectivity index (χ3n) is 3.79. The lowest BCUT2D eigenvalue weighted by Gasteiger charge is -2.23. The number of hydrogen-bond donors (Lipinski definition) is 0. The van der Waals surface area contributed by atoms with E-state index in [-0.39, 0.29) is 0 Å². The SMILES string of the molecule is O=C1CC2=C(CCCC2)N1CCn1cccc1. The van der Waals surface area contributed by atoms with Crippen molar-refractivity contribution in [3.8, 4) is 0 Å². The molecule has 0 spiro atoms. The van der Waals surface area contributed by atoms with Crippen LogP contribution in [-0.4, -0.2) is 21.9 Å². The standard InChI is InChI=1S/C14H18N2O/c17-14-11-12-5-1-2-6-13(12)16(14)10-9-15-7-3-4-8-15/h3-4,7-8H,1-2,5-6,9-11H2. The van der Waals surface area contributed by atoms with E-state index in [4.69, 9.17) is 0 Å². The fourth-order valence-electron chi connectivity index (χ4n) is 2.89. The summed E-state index contributed by atoms with van der Waals surface area (Å²) in [4.78, 5) is 14.0. The number of carbonyl (C=O) groups is 1. The maximum absolute atomic E-state index is 12.0. The van der Waals surface area contributed by atoms with E-state index in [0.717, 1.165) is 25.9 Å². The van der Waals surface area contributed by atoms with Crippen LogP contribution in [0.3, 0.4) is 0 Å². The highest BCUT2D eigenvalue weighted by molar-refractivity contribution is 5.84. The van der Waals surface area contributed by atoms with Crippen molar-refractivity contribution < 1.29 is 4.79 Å². The van der Waals surface area contributed by atoms with E-state index < -0.39 is 0 Å². The highest BCUT2D eigenvalue weighted by Gasteiger charge is 2.30. The van der Waals surface area contributed by atoms with Crippen molar-refractivity contribution in [3.05, 3.63) is 35.8 Å². The zero-order valence-electron chi connectivity index (χ0n) is 10.1. The molecule has 0 saturated heterocycles. The second-order valence-electron chi connectivity index (χ2n) is 4.90. The number of aromatic nitrogens is 1. The van der Waals surface area contributed by atoms with E-state index >= 15 is 0 Å². The van der Waals surface area contributed by atoms with E-state index in [9.17, 15) is 4.79 Å². The van der Waals surface area contributed by atoms with Crippen LogP contribution in [0.4, 0.5) is 0 Å². The minimum atomic E-state index is 0.309. The molecule has 0 aromatic carbocycles. The summed E-state index contributed by atoms with van der Waals surface area (Å²) in [5.41, 5.74) is 2.75. The van der Waals surface area contributed by atoms with Gasteiger partial charge in [0, 0.05) is 31.2 Å². The first-order valence-corrected chi connectivity index (χ1v) is 6.46. The van der Waals surface area contributed by atoms with Crippen LogP contribution in [0.15, 0.2) is 35.8 Å². The van der Waals surface area contributed by atoms with Crippen molar-refractivity contribution in [2.45, 2.75) is 38.6 Å². The van der Waals surface area contributed by atoms with Gasteiger partial charge in [0.1, 0.15) is 0 Å². The summed E-state index contributed by atoms with van der Waals surface area (Å²) in [6, 6.07) is 4.05. The molecule has 1 aromatic rings. The highest BCUT2D eigenvalue weighted by Crippen LogP contribution is 2.35. The largest absolute Gasteiger partial charge is 0.352 e. The van der Waals surface area contributed by atoms with E-state index in [0.29, 0.717) is 12.3 Å². The van der Waals surface area contributed by atoms with Crippen LogP contribution >= 0.6 is 0 Å². The van der Waals surface area contributed by atoms with Crippen LogP contribution in [0.25, 0.3) is 0 Å². The van der Waals surface area contributed by atoms with E-state index in [2.05, 4.69) is 17.0 Å². The lowest BCUT2D eigenvalue weighted by atomic mass is 9.96. The van der Waals surface area contributed by atoms with Gasteiger partial charge >= 0.3 is 0 Å². The summed E-state index contributed by atoms with van der Waals surface area (Å²) in [7, 11) is 0. The van der Waals surface area contributed by atoms with Gasteiger partial charge in [-0.05, 0) is 43.4 Å². The second kappa shape index (κ2) is 4.40. The van der Waals surface area contributed by atoms with Crippen LogP contribution in [0.2, 0.25) is 0 Å². The zero-order chi connectivity index (χ0) is 11.7. The van der Waals surface area contributed by atoms with Gasteiger partial charge in [0.2, 0.25) is 5.91 Å². The number of amides is 1. The summed E-state index contributed by atoms with van der Waals surface area (Å²) in [5, 5.41) is 0. The van der Waals surface area contributed by atoms with Gasteiger partial charge in [-0.2, -0.15) is 0 Å². The third kappa shape index (κ3) is 2.02. The molecule has 0 atom stereocenters. The maximum atomic E-state index is 12.0. The molecule has 2 heterocycles. The van der Waals surface area contributed by atoms with Crippen molar-refractivity contribution in [3.63, 3.8) is 0 Å². The quantitative estimate of drug-likeness (QED) is 0.783. The fourth-order valence-corrected chi connectivity index (χ4v) is 2.89. The molecule has 0 N–H and O–H groups in total. The first-order chi connectivity index (χ1) is 8.34. The summed E-state index contributed by atoms with van der Waals surface area (Å²) in [6.45, 7) is 1.72. The maximum Gasteiger partial charge on any atom is 0.230 e. The van der Waals surface area contributed by atoms with Crippen LogP contribution < -0.4 is 0 Å². The average Bonchev–Trinajstić information content (AvgIpc) is 2.93. The number of nitrogens with zero attached hydrogens (tertiary/aromatic N) is 2. The number of rotatable bonds is 3. The van der Waals surface area contributed by atoms with Gasteiger partial charge in [-0.3, -0.25) is 4.79 Å². The molecule has 3 heteroatoms. The first-order valence-electron chi connectivity index (χ1n) is 6.46. The van der Waals surface area contributed by atoms with Crippen molar-refractivity contribution in [1.29, 1.82) is 0 Å². The lowest BCUT2D eigenvalue weighted by Crippen LogP contribution is -2.29. The predicted octanol–water partition coefficient (Wildman–Crippen LogP) is 2.55. The minimum absolute atomic E-state index is 0.309. The summed E-state index contributed by atoms with van der Waals surface area (Å²) < 4.78 is 2.13. The molecular weight excluding hydrogens is 212 g/mol. The molecule has 1 aromatic heterocycles. The van der Waals surface area contributed by atoms with Crippen molar-refractivity contribution in [2.24, 2.45) is 0 Å². The third-order valence-corrected chi connectivity index (χ3v) is 3.79. The van der Waals surface area contributed by atoms with Gasteiger partial charge in [0.15, 0.2) is 0 Å².